The number of nitrogens with zero attached hydrogens (tertiary/aromatic N) is 4. The highest BCUT2D eigenvalue weighted by Gasteiger charge is 2.18. The second kappa shape index (κ2) is 8.14. The van der Waals surface area contributed by atoms with Gasteiger partial charge in [0.2, 0.25) is 5.91 Å². The first kappa shape index (κ1) is 20.5. The van der Waals surface area contributed by atoms with Gasteiger partial charge in [0.25, 0.3) is 5.56 Å². The maximum atomic E-state index is 14.2. The Kier molecular flexibility index (Phi) is 5.37. The van der Waals surface area contributed by atoms with Gasteiger partial charge >= 0.3 is 0 Å². The average Bonchev–Trinajstić information content (AvgIpc) is 3.18. The van der Waals surface area contributed by atoms with Crippen molar-refractivity contribution < 1.29 is 9.18 Å². The number of para-hydroxylation sites is 1. The lowest BCUT2D eigenvalue weighted by atomic mass is 10.1. The number of halogens is 1. The predicted molar refractivity (Wildman–Crippen MR) is 116 cm³/mol. The van der Waals surface area contributed by atoms with Crippen molar-refractivity contribution >= 4 is 16.8 Å². The maximum absolute atomic E-state index is 14.2. The van der Waals surface area contributed by atoms with E-state index < -0.39 is 17.5 Å². The molecule has 2 aromatic heterocycles. The molecule has 1 atom stereocenters. The van der Waals surface area contributed by atoms with Crippen LogP contribution in [0.1, 0.15) is 29.8 Å². The lowest BCUT2D eigenvalue weighted by molar-refractivity contribution is -0.122. The molecule has 31 heavy (non-hydrogen) atoms. The van der Waals surface area contributed by atoms with E-state index in [-0.39, 0.29) is 12.4 Å². The fourth-order valence-corrected chi connectivity index (χ4v) is 3.58. The monoisotopic (exact) mass is 419 g/mol. The van der Waals surface area contributed by atoms with E-state index in [0.717, 1.165) is 15.9 Å². The number of hydrogen-bond acceptors (Lipinski definition) is 4. The zero-order chi connectivity index (χ0) is 22.1. The second-order valence-corrected chi connectivity index (χ2v) is 7.52. The van der Waals surface area contributed by atoms with Crippen LogP contribution in [0.25, 0.3) is 16.6 Å². The molecule has 0 saturated carbocycles. The summed E-state index contributed by atoms with van der Waals surface area (Å²) in [6.45, 7) is 4.97. The van der Waals surface area contributed by atoms with Crippen LogP contribution >= 0.6 is 0 Å². The molecule has 2 heterocycles. The molecule has 0 bridgehead atoms. The van der Waals surface area contributed by atoms with Gasteiger partial charge in [-0.1, -0.05) is 30.3 Å². The Morgan fingerprint density at radius 2 is 1.90 bits per heavy atom. The van der Waals surface area contributed by atoms with Crippen molar-refractivity contribution in [1.29, 1.82) is 0 Å². The molecule has 0 saturated heterocycles. The number of carbonyl (C=O) groups excluding carboxylic acids is 1. The van der Waals surface area contributed by atoms with Crippen LogP contribution in [-0.2, 0) is 11.3 Å². The highest BCUT2D eigenvalue weighted by molar-refractivity contribution is 5.82. The Balaban J connectivity index is 1.63. The normalized spacial score (nSPS) is 12.1. The molecule has 0 fully saturated rings. The summed E-state index contributed by atoms with van der Waals surface area (Å²) in [5, 5.41) is 12.0. The molecule has 4 rings (SSSR count). The number of fused-ring (bicyclic) bond motifs is 1. The van der Waals surface area contributed by atoms with Gasteiger partial charge < -0.3 is 5.32 Å². The summed E-state index contributed by atoms with van der Waals surface area (Å²) < 4.78 is 16.9. The van der Waals surface area contributed by atoms with Gasteiger partial charge in [0.1, 0.15) is 17.9 Å². The summed E-state index contributed by atoms with van der Waals surface area (Å²) in [5.41, 5.74) is 2.43. The van der Waals surface area contributed by atoms with Crippen LogP contribution in [0, 0.1) is 19.7 Å². The molecule has 1 amide bonds. The number of benzene rings is 2. The van der Waals surface area contributed by atoms with E-state index >= 15 is 0 Å². The van der Waals surface area contributed by atoms with Crippen LogP contribution in [-0.4, -0.2) is 25.5 Å². The highest BCUT2D eigenvalue weighted by Crippen LogP contribution is 2.19. The van der Waals surface area contributed by atoms with Gasteiger partial charge in [-0.05, 0) is 44.5 Å². The number of hydrogen-bond donors (Lipinski definition) is 1. The van der Waals surface area contributed by atoms with E-state index in [1.54, 1.807) is 43.8 Å². The van der Waals surface area contributed by atoms with E-state index in [2.05, 4.69) is 15.5 Å². The molecule has 1 N–H and O–H groups in total. The zero-order valence-corrected chi connectivity index (χ0v) is 17.5. The van der Waals surface area contributed by atoms with Gasteiger partial charge in [-0.25, -0.2) is 13.8 Å². The Labute approximate surface area is 178 Å². The first-order valence-corrected chi connectivity index (χ1v) is 9.91. The van der Waals surface area contributed by atoms with E-state index in [1.165, 1.54) is 6.07 Å². The van der Waals surface area contributed by atoms with E-state index in [4.69, 9.17) is 0 Å². The SMILES string of the molecule is Cc1ccc(C(C)NC(=O)Cn2nc(C)c3cnn(-c4ccccc4)c3c2=O)c(F)c1. The van der Waals surface area contributed by atoms with Crippen molar-refractivity contribution in [3.8, 4) is 5.69 Å². The van der Waals surface area contributed by atoms with Crippen molar-refractivity contribution in [1.82, 2.24) is 24.9 Å². The second-order valence-electron chi connectivity index (χ2n) is 7.52. The highest BCUT2D eigenvalue weighted by atomic mass is 19.1. The standard InChI is InChI=1S/C23H22FN5O2/c1-14-9-10-18(20(24)11-14)15(2)26-21(30)13-28-23(31)22-19(16(3)27-28)12-25-29(22)17-7-5-4-6-8-17/h4-12,15H,13H2,1-3H3,(H,26,30). The van der Waals surface area contributed by atoms with Crippen LogP contribution in [0.5, 0.6) is 0 Å². The molecular weight excluding hydrogens is 397 g/mol. The molecular formula is C23H22FN5O2. The first-order chi connectivity index (χ1) is 14.8. The minimum absolute atomic E-state index is 0.284. The van der Waals surface area contributed by atoms with E-state index in [0.29, 0.717) is 22.2 Å². The van der Waals surface area contributed by atoms with Gasteiger partial charge in [-0.3, -0.25) is 9.59 Å². The summed E-state index contributed by atoms with van der Waals surface area (Å²) in [6, 6.07) is 13.6. The molecule has 1 unspecified atom stereocenters. The maximum Gasteiger partial charge on any atom is 0.293 e. The van der Waals surface area contributed by atoms with Crippen molar-refractivity contribution in [3.63, 3.8) is 0 Å². The molecule has 158 valence electrons. The lowest BCUT2D eigenvalue weighted by Gasteiger charge is -2.16. The third-order valence-corrected chi connectivity index (χ3v) is 5.16. The summed E-state index contributed by atoms with van der Waals surface area (Å²) in [7, 11) is 0. The van der Waals surface area contributed by atoms with E-state index in [9.17, 15) is 14.0 Å². The van der Waals surface area contributed by atoms with Crippen LogP contribution in [0.4, 0.5) is 4.39 Å². The van der Waals surface area contributed by atoms with Gasteiger partial charge in [0.05, 0.1) is 23.6 Å². The van der Waals surface area contributed by atoms with Crippen molar-refractivity contribution in [2.75, 3.05) is 0 Å². The minimum Gasteiger partial charge on any atom is -0.348 e. The first-order valence-electron chi connectivity index (χ1n) is 9.91. The third kappa shape index (κ3) is 3.96. The van der Waals surface area contributed by atoms with Crippen LogP contribution < -0.4 is 10.9 Å². The lowest BCUT2D eigenvalue weighted by Crippen LogP contribution is -2.36. The molecule has 8 heteroatoms. The number of rotatable bonds is 5. The van der Waals surface area contributed by atoms with Gasteiger partial charge in [-0.2, -0.15) is 10.2 Å². The summed E-state index contributed by atoms with van der Waals surface area (Å²) >= 11 is 0. The number of aromatic nitrogens is 4. The Bertz CT molecular complexity index is 1330. The summed E-state index contributed by atoms with van der Waals surface area (Å²) in [5.74, 6) is -0.821. The quantitative estimate of drug-likeness (QED) is 0.539. The molecule has 0 spiro atoms. The minimum atomic E-state index is -0.552. The number of aryl methyl sites for hydroxylation is 2. The predicted octanol–water partition coefficient (Wildman–Crippen LogP) is 3.22. The molecule has 2 aromatic carbocycles. The van der Waals surface area contributed by atoms with E-state index in [1.807, 2.05) is 30.3 Å². The van der Waals surface area contributed by atoms with Crippen LogP contribution in [0.2, 0.25) is 0 Å². The largest absolute Gasteiger partial charge is 0.348 e. The van der Waals surface area contributed by atoms with Gasteiger partial charge in [0, 0.05) is 10.9 Å². The van der Waals surface area contributed by atoms with Crippen molar-refractivity contribution in [2.45, 2.75) is 33.4 Å². The Hall–Kier alpha value is -3.81. The number of nitrogens with one attached hydrogen (secondary N) is 1. The number of carbonyl (C=O) groups is 1. The fourth-order valence-electron chi connectivity index (χ4n) is 3.58. The van der Waals surface area contributed by atoms with Crippen molar-refractivity contribution in [3.05, 3.63) is 87.7 Å². The summed E-state index contributed by atoms with van der Waals surface area (Å²) in [4.78, 5) is 25.7. The molecule has 7 nitrogen and oxygen atoms in total. The average molecular weight is 419 g/mol. The number of amides is 1. The zero-order valence-electron chi connectivity index (χ0n) is 17.5. The molecule has 0 radical (unpaired) electrons. The molecule has 0 aliphatic heterocycles. The van der Waals surface area contributed by atoms with Crippen LogP contribution in [0.3, 0.4) is 0 Å². The Morgan fingerprint density at radius 3 is 2.61 bits per heavy atom. The smallest absolute Gasteiger partial charge is 0.293 e. The van der Waals surface area contributed by atoms with Crippen molar-refractivity contribution in [2.24, 2.45) is 0 Å². The molecule has 0 aliphatic carbocycles. The van der Waals surface area contributed by atoms with Gasteiger partial charge in [-0.15, -0.1) is 0 Å². The molecule has 4 aromatic rings. The van der Waals surface area contributed by atoms with Gasteiger partial charge in [0.15, 0.2) is 0 Å². The Morgan fingerprint density at radius 1 is 1.16 bits per heavy atom. The summed E-state index contributed by atoms with van der Waals surface area (Å²) in [6.07, 6.45) is 1.60. The topological polar surface area (TPSA) is 81.8 Å². The molecule has 0 aliphatic rings. The fraction of sp³-hybridized carbons (Fsp3) is 0.217. The third-order valence-electron chi connectivity index (χ3n) is 5.16. The van der Waals surface area contributed by atoms with Crippen LogP contribution in [0.15, 0.2) is 59.5 Å².